The van der Waals surface area contributed by atoms with E-state index in [2.05, 4.69) is 46.0 Å². The van der Waals surface area contributed by atoms with Crippen molar-refractivity contribution in [2.75, 3.05) is 7.11 Å². The summed E-state index contributed by atoms with van der Waals surface area (Å²) in [7, 11) is 1.42. The predicted octanol–water partition coefficient (Wildman–Crippen LogP) is 7.16. The highest BCUT2D eigenvalue weighted by Crippen LogP contribution is 2.48. The lowest BCUT2D eigenvalue weighted by Crippen LogP contribution is -2.16. The first-order chi connectivity index (χ1) is 21.5. The van der Waals surface area contributed by atoms with Crippen molar-refractivity contribution in [3.8, 4) is 0 Å². The van der Waals surface area contributed by atoms with E-state index in [0.717, 1.165) is 104 Å². The van der Waals surface area contributed by atoms with Crippen molar-refractivity contribution in [3.63, 3.8) is 0 Å². The fourth-order valence-electron chi connectivity index (χ4n) is 7.82. The third-order valence-electron chi connectivity index (χ3n) is 10.1. The number of fused-ring (bicyclic) bond motifs is 5. The molecule has 0 aromatic rings. The molecule has 1 unspecified atom stereocenters. The van der Waals surface area contributed by atoms with Gasteiger partial charge >= 0.3 is 5.97 Å². The van der Waals surface area contributed by atoms with Crippen molar-refractivity contribution in [3.05, 3.63) is 91.0 Å². The molecule has 45 heavy (non-hydrogen) atoms. The Morgan fingerprint density at radius 2 is 1.78 bits per heavy atom. The molecular formula is C37H44N4O4. The van der Waals surface area contributed by atoms with Crippen LogP contribution in [0.2, 0.25) is 0 Å². The number of carbonyl (C=O) groups is 1. The molecular weight excluding hydrogens is 564 g/mol. The molecule has 6 rings (SSSR count). The molecule has 8 bridgehead atoms. The molecule has 236 valence electrons. The van der Waals surface area contributed by atoms with Crippen LogP contribution in [0.25, 0.3) is 0 Å². The van der Waals surface area contributed by atoms with Gasteiger partial charge in [0.1, 0.15) is 5.76 Å². The Labute approximate surface area is 265 Å². The highest BCUT2D eigenvalue weighted by atomic mass is 16.5. The van der Waals surface area contributed by atoms with Crippen LogP contribution in [0.15, 0.2) is 106 Å². The lowest BCUT2D eigenvalue weighted by atomic mass is 9.85. The van der Waals surface area contributed by atoms with Gasteiger partial charge in [-0.3, -0.25) is 4.79 Å². The van der Waals surface area contributed by atoms with Gasteiger partial charge < -0.3 is 20.3 Å². The SMILES string of the molecule is CCCC1=C(C)C2=NC1=CC1=C(CC)C3=C(O)CC(=C4NC(=C(C)C5=NC(=C2)C(C(C)O)=C5C)[C@@H](C)[C@@H]4CCC(=O)OC)C3=N1. The molecule has 0 spiro atoms. The first-order valence-corrected chi connectivity index (χ1v) is 16.2. The monoisotopic (exact) mass is 608 g/mol. The molecule has 5 heterocycles. The van der Waals surface area contributed by atoms with E-state index in [9.17, 15) is 15.0 Å². The van der Waals surface area contributed by atoms with Crippen LogP contribution in [0.4, 0.5) is 0 Å². The number of methoxy groups -OCH3 is 1. The number of hydrogen-bond donors (Lipinski definition) is 3. The molecule has 0 radical (unpaired) electrons. The number of hydrogen-bond acceptors (Lipinski definition) is 8. The number of ether oxygens (including phenoxy) is 1. The number of aliphatic imine (C=N–C) groups is 3. The van der Waals surface area contributed by atoms with Crippen LogP contribution in [0.1, 0.15) is 87.0 Å². The third-order valence-corrected chi connectivity index (χ3v) is 10.1. The molecule has 8 nitrogen and oxygen atoms in total. The number of allylic oxidation sites excluding steroid dienone is 11. The Balaban J connectivity index is 1.64. The smallest absolute Gasteiger partial charge is 0.305 e. The van der Waals surface area contributed by atoms with Crippen LogP contribution in [0.3, 0.4) is 0 Å². The van der Waals surface area contributed by atoms with Gasteiger partial charge in [-0.15, -0.1) is 0 Å². The van der Waals surface area contributed by atoms with E-state index in [1.165, 1.54) is 12.7 Å². The Bertz CT molecular complexity index is 1760. The van der Waals surface area contributed by atoms with Crippen molar-refractivity contribution in [2.45, 2.75) is 93.1 Å². The van der Waals surface area contributed by atoms with Gasteiger partial charge in [0.05, 0.1) is 47.4 Å². The molecule has 3 N–H and O–H groups in total. The van der Waals surface area contributed by atoms with Crippen molar-refractivity contribution >= 4 is 23.1 Å². The molecule has 0 aromatic heterocycles. The number of aliphatic hydroxyl groups excluding tert-OH is 2. The van der Waals surface area contributed by atoms with Crippen LogP contribution in [0.5, 0.6) is 0 Å². The van der Waals surface area contributed by atoms with Crippen LogP contribution in [-0.2, 0) is 9.53 Å². The average molecular weight is 609 g/mol. The van der Waals surface area contributed by atoms with Gasteiger partial charge in [0.15, 0.2) is 0 Å². The Morgan fingerprint density at radius 3 is 2.44 bits per heavy atom. The van der Waals surface area contributed by atoms with E-state index in [1.807, 2.05) is 13.0 Å². The molecule has 5 aliphatic heterocycles. The maximum absolute atomic E-state index is 12.3. The summed E-state index contributed by atoms with van der Waals surface area (Å²) in [5.41, 5.74) is 14.8. The molecule has 0 aromatic carbocycles. The second kappa shape index (κ2) is 11.7. The minimum absolute atomic E-state index is 0.0112. The van der Waals surface area contributed by atoms with Crippen molar-refractivity contribution in [2.24, 2.45) is 26.8 Å². The van der Waals surface area contributed by atoms with Gasteiger partial charge in [-0.05, 0) is 87.0 Å². The first-order valence-electron chi connectivity index (χ1n) is 16.2. The number of nitrogens with zero attached hydrogens (tertiary/aromatic N) is 3. The van der Waals surface area contributed by atoms with Crippen molar-refractivity contribution < 1.29 is 19.7 Å². The van der Waals surface area contributed by atoms with Crippen LogP contribution in [0, 0.1) is 11.8 Å². The second-order valence-corrected chi connectivity index (χ2v) is 12.8. The summed E-state index contributed by atoms with van der Waals surface area (Å²) in [6.07, 6.45) is 7.23. The lowest BCUT2D eigenvalue weighted by Gasteiger charge is -2.17. The zero-order valence-corrected chi connectivity index (χ0v) is 27.7. The number of rotatable bonds is 7. The molecule has 0 amide bonds. The normalized spacial score (nSPS) is 24.9. The standard InChI is InChI=1S/C37H44N4O4/c1-9-11-23-17(3)26-15-29-32(21(7)42)19(5)35(40-29)20(6)34-18(4)24(12-13-31(44)45-8)36(41-34)25-14-30(43)33-22(10-2)27(39-37(25)33)16-28(23)38-26/h15-16,18,21,24,41-43H,9-14H2,1-8H3/t18-,21?,24-/m0/s1. The number of aliphatic hydroxyl groups is 2. The van der Waals surface area contributed by atoms with E-state index in [1.54, 1.807) is 6.92 Å². The maximum Gasteiger partial charge on any atom is 0.305 e. The molecule has 6 aliphatic rings. The number of carbonyl (C=O) groups excluding carboxylic acids is 1. The summed E-state index contributed by atoms with van der Waals surface area (Å²) in [4.78, 5) is 27.8. The summed E-state index contributed by atoms with van der Waals surface area (Å²) < 4.78 is 5.01. The highest BCUT2D eigenvalue weighted by Gasteiger charge is 2.42. The van der Waals surface area contributed by atoms with Gasteiger partial charge in [-0.2, -0.15) is 0 Å². The molecule has 3 atom stereocenters. The Morgan fingerprint density at radius 1 is 1.02 bits per heavy atom. The molecule has 1 fully saturated rings. The minimum Gasteiger partial charge on any atom is -0.511 e. The van der Waals surface area contributed by atoms with E-state index >= 15 is 0 Å². The largest absolute Gasteiger partial charge is 0.511 e. The van der Waals surface area contributed by atoms with Gasteiger partial charge in [-0.25, -0.2) is 15.0 Å². The minimum atomic E-state index is -0.706. The molecule has 1 saturated heterocycles. The number of nitrogens with one attached hydrogen (secondary N) is 1. The van der Waals surface area contributed by atoms with Gasteiger partial charge in [0.2, 0.25) is 0 Å². The van der Waals surface area contributed by atoms with Gasteiger partial charge in [-0.1, -0.05) is 27.2 Å². The van der Waals surface area contributed by atoms with Gasteiger partial charge in [0.25, 0.3) is 0 Å². The lowest BCUT2D eigenvalue weighted by molar-refractivity contribution is -0.140. The summed E-state index contributed by atoms with van der Waals surface area (Å²) in [5.74, 6) is 0.124. The van der Waals surface area contributed by atoms with E-state index < -0.39 is 6.10 Å². The van der Waals surface area contributed by atoms with Crippen LogP contribution in [-0.4, -0.2) is 46.5 Å². The van der Waals surface area contributed by atoms with Crippen LogP contribution >= 0.6 is 0 Å². The summed E-state index contributed by atoms with van der Waals surface area (Å²) in [6.45, 7) is 14.5. The first kappa shape index (κ1) is 31.0. The fraction of sp³-hybridized carbons (Fsp3) is 0.459. The Hall–Kier alpha value is -4.04. The number of esters is 1. The summed E-state index contributed by atoms with van der Waals surface area (Å²) in [5, 5.41) is 26.1. The summed E-state index contributed by atoms with van der Waals surface area (Å²) >= 11 is 0. The molecule has 1 aliphatic carbocycles. The molecule has 0 saturated carbocycles. The topological polar surface area (TPSA) is 116 Å². The maximum atomic E-state index is 12.3. The highest BCUT2D eigenvalue weighted by molar-refractivity contribution is 6.21. The van der Waals surface area contributed by atoms with Crippen LogP contribution < -0.4 is 5.32 Å². The third kappa shape index (κ3) is 4.94. The second-order valence-electron chi connectivity index (χ2n) is 12.8. The quantitative estimate of drug-likeness (QED) is 0.265. The van der Waals surface area contributed by atoms with Gasteiger partial charge in [0, 0.05) is 52.8 Å². The van der Waals surface area contributed by atoms with E-state index in [-0.39, 0.29) is 24.2 Å². The van der Waals surface area contributed by atoms with Crippen molar-refractivity contribution in [1.82, 2.24) is 5.32 Å². The Kier molecular flexibility index (Phi) is 8.06. The average Bonchev–Trinajstić information content (AvgIpc) is 3.77. The van der Waals surface area contributed by atoms with E-state index in [4.69, 9.17) is 19.7 Å². The zero-order chi connectivity index (χ0) is 32.3. The zero-order valence-electron chi connectivity index (χ0n) is 27.7. The summed E-state index contributed by atoms with van der Waals surface area (Å²) in [6, 6.07) is 0. The molecule has 8 heteroatoms. The fourth-order valence-corrected chi connectivity index (χ4v) is 7.82. The van der Waals surface area contributed by atoms with Crippen molar-refractivity contribution in [1.29, 1.82) is 0 Å². The van der Waals surface area contributed by atoms with E-state index in [0.29, 0.717) is 18.6 Å². The predicted molar refractivity (Wildman–Crippen MR) is 179 cm³/mol.